The van der Waals surface area contributed by atoms with Crippen molar-refractivity contribution in [3.63, 3.8) is 0 Å². The fourth-order valence-corrected chi connectivity index (χ4v) is 4.22. The second-order valence-electron chi connectivity index (χ2n) is 8.67. The zero-order valence-electron chi connectivity index (χ0n) is 20.0. The first-order valence-corrected chi connectivity index (χ1v) is 11.8. The van der Waals surface area contributed by atoms with Gasteiger partial charge < -0.3 is 24.3 Å². The number of aromatic nitrogens is 1. The highest BCUT2D eigenvalue weighted by molar-refractivity contribution is 5.93. The molecule has 0 aliphatic carbocycles. The second-order valence-corrected chi connectivity index (χ2v) is 8.67. The SMILES string of the molecule is COC(=O)c1ccccc1-n1ccc(N2CC(Oc3ccc(CC(=O)Nc4ccccc4)cc3)C2)c1. The van der Waals surface area contributed by atoms with E-state index in [4.69, 9.17) is 9.47 Å². The van der Waals surface area contributed by atoms with Crippen LogP contribution in [-0.2, 0) is 16.0 Å². The van der Waals surface area contributed by atoms with Crippen LogP contribution in [0.5, 0.6) is 5.75 Å². The van der Waals surface area contributed by atoms with Crippen molar-refractivity contribution in [2.45, 2.75) is 12.5 Å². The van der Waals surface area contributed by atoms with E-state index in [-0.39, 0.29) is 18.0 Å². The van der Waals surface area contributed by atoms with Crippen LogP contribution in [0.4, 0.5) is 11.4 Å². The summed E-state index contributed by atoms with van der Waals surface area (Å²) in [5.74, 6) is 0.378. The molecular formula is C29H27N3O4. The Hall–Kier alpha value is -4.52. The van der Waals surface area contributed by atoms with Crippen LogP contribution in [0.15, 0.2) is 97.3 Å². The summed E-state index contributed by atoms with van der Waals surface area (Å²) in [6.07, 6.45) is 4.34. The Morgan fingerprint density at radius 3 is 2.39 bits per heavy atom. The number of ether oxygens (including phenoxy) is 2. The lowest BCUT2D eigenvalue weighted by Gasteiger charge is -2.40. The largest absolute Gasteiger partial charge is 0.487 e. The third-order valence-electron chi connectivity index (χ3n) is 6.13. The monoisotopic (exact) mass is 481 g/mol. The number of carbonyl (C=O) groups is 2. The van der Waals surface area contributed by atoms with Crippen molar-refractivity contribution in [2.75, 3.05) is 30.4 Å². The van der Waals surface area contributed by atoms with E-state index in [2.05, 4.69) is 10.2 Å². The predicted molar refractivity (Wildman–Crippen MR) is 139 cm³/mol. The average Bonchev–Trinajstić information content (AvgIpc) is 3.36. The molecule has 2 heterocycles. The molecule has 1 N–H and O–H groups in total. The number of methoxy groups -OCH3 is 1. The van der Waals surface area contributed by atoms with Crippen LogP contribution >= 0.6 is 0 Å². The van der Waals surface area contributed by atoms with E-state index in [1.54, 1.807) is 6.07 Å². The smallest absolute Gasteiger partial charge is 0.339 e. The van der Waals surface area contributed by atoms with Gasteiger partial charge in [0.2, 0.25) is 5.91 Å². The molecule has 1 aliphatic rings. The Bertz CT molecular complexity index is 1340. The third-order valence-corrected chi connectivity index (χ3v) is 6.13. The van der Waals surface area contributed by atoms with Gasteiger partial charge in [0.1, 0.15) is 11.9 Å². The highest BCUT2D eigenvalue weighted by Crippen LogP contribution is 2.27. The molecule has 1 aromatic heterocycles. The Morgan fingerprint density at radius 1 is 0.917 bits per heavy atom. The van der Waals surface area contributed by atoms with Gasteiger partial charge in [-0.1, -0.05) is 42.5 Å². The Balaban J connectivity index is 1.13. The summed E-state index contributed by atoms with van der Waals surface area (Å²) in [6, 6.07) is 26.5. The van der Waals surface area contributed by atoms with Crippen molar-refractivity contribution in [3.05, 3.63) is 108 Å². The topological polar surface area (TPSA) is 72.8 Å². The van der Waals surface area contributed by atoms with Gasteiger partial charge in [-0.15, -0.1) is 0 Å². The molecule has 36 heavy (non-hydrogen) atoms. The molecule has 0 unspecified atom stereocenters. The van der Waals surface area contributed by atoms with Crippen LogP contribution in [0.25, 0.3) is 5.69 Å². The number of carbonyl (C=O) groups excluding carboxylic acids is 2. The fraction of sp³-hybridized carbons (Fsp3) is 0.172. The molecule has 0 atom stereocenters. The molecule has 0 saturated carbocycles. The Labute approximate surface area is 209 Å². The lowest BCUT2D eigenvalue weighted by molar-refractivity contribution is -0.115. The van der Waals surface area contributed by atoms with Gasteiger partial charge >= 0.3 is 5.97 Å². The maximum Gasteiger partial charge on any atom is 0.339 e. The molecule has 0 spiro atoms. The standard InChI is InChI=1S/C29H27N3O4/c1-35-29(34)26-9-5-6-10-27(26)31-16-15-23(18-31)32-19-25(20-32)36-24-13-11-21(12-14-24)17-28(33)30-22-7-3-2-4-8-22/h2-16,18,25H,17,19-20H2,1H3,(H,30,33). The number of hydrogen-bond acceptors (Lipinski definition) is 5. The van der Waals surface area contributed by atoms with Crippen LogP contribution in [0.3, 0.4) is 0 Å². The molecule has 7 heteroatoms. The van der Waals surface area contributed by atoms with Gasteiger partial charge in [0.05, 0.1) is 43.6 Å². The van der Waals surface area contributed by atoms with Crippen molar-refractivity contribution in [3.8, 4) is 11.4 Å². The maximum atomic E-state index is 12.3. The summed E-state index contributed by atoms with van der Waals surface area (Å²) in [5.41, 5.74) is 4.09. The first kappa shape index (κ1) is 23.2. The molecule has 1 aliphatic heterocycles. The van der Waals surface area contributed by atoms with E-state index in [9.17, 15) is 9.59 Å². The Morgan fingerprint density at radius 2 is 1.64 bits per heavy atom. The summed E-state index contributed by atoms with van der Waals surface area (Å²) in [7, 11) is 1.39. The number of hydrogen-bond donors (Lipinski definition) is 1. The number of esters is 1. The van der Waals surface area contributed by atoms with E-state index in [0.717, 1.165) is 41.5 Å². The summed E-state index contributed by atoms with van der Waals surface area (Å²) < 4.78 is 12.9. The minimum atomic E-state index is -0.360. The van der Waals surface area contributed by atoms with E-state index in [1.807, 2.05) is 95.8 Å². The third kappa shape index (κ3) is 5.25. The number of anilines is 2. The van der Waals surface area contributed by atoms with Crippen LogP contribution in [0.1, 0.15) is 15.9 Å². The van der Waals surface area contributed by atoms with Crippen molar-refractivity contribution in [2.24, 2.45) is 0 Å². The molecule has 1 amide bonds. The number of benzene rings is 3. The zero-order valence-corrected chi connectivity index (χ0v) is 20.0. The van der Waals surface area contributed by atoms with Gasteiger partial charge in [0.15, 0.2) is 0 Å². The fourth-order valence-electron chi connectivity index (χ4n) is 4.22. The normalized spacial score (nSPS) is 13.1. The van der Waals surface area contributed by atoms with Crippen LogP contribution < -0.4 is 15.0 Å². The van der Waals surface area contributed by atoms with Gasteiger partial charge in [-0.2, -0.15) is 0 Å². The van der Waals surface area contributed by atoms with Crippen LogP contribution in [-0.4, -0.2) is 42.7 Å². The van der Waals surface area contributed by atoms with Gasteiger partial charge in [0.25, 0.3) is 0 Å². The predicted octanol–water partition coefficient (Wildman–Crippen LogP) is 4.71. The minimum Gasteiger partial charge on any atom is -0.487 e. The molecule has 5 rings (SSSR count). The molecule has 7 nitrogen and oxygen atoms in total. The highest BCUT2D eigenvalue weighted by Gasteiger charge is 2.29. The number of rotatable bonds is 8. The molecule has 1 saturated heterocycles. The van der Waals surface area contributed by atoms with Crippen molar-refractivity contribution in [1.29, 1.82) is 0 Å². The molecule has 1 fully saturated rings. The molecular weight excluding hydrogens is 454 g/mol. The number of nitrogens with one attached hydrogen (secondary N) is 1. The highest BCUT2D eigenvalue weighted by atomic mass is 16.5. The molecule has 182 valence electrons. The lowest BCUT2D eigenvalue weighted by atomic mass is 10.1. The molecule has 0 radical (unpaired) electrons. The first-order chi connectivity index (χ1) is 17.6. The van der Waals surface area contributed by atoms with Gasteiger partial charge in [-0.3, -0.25) is 4.79 Å². The number of amides is 1. The summed E-state index contributed by atoms with van der Waals surface area (Å²) >= 11 is 0. The average molecular weight is 482 g/mol. The number of nitrogens with zero attached hydrogens (tertiary/aromatic N) is 2. The summed E-state index contributed by atoms with van der Waals surface area (Å²) in [4.78, 5) is 26.6. The van der Waals surface area contributed by atoms with E-state index < -0.39 is 0 Å². The zero-order chi connectivity index (χ0) is 24.9. The summed E-state index contributed by atoms with van der Waals surface area (Å²) in [5, 5.41) is 2.90. The van der Waals surface area contributed by atoms with Gasteiger partial charge in [-0.25, -0.2) is 4.79 Å². The van der Waals surface area contributed by atoms with E-state index in [1.165, 1.54) is 7.11 Å². The van der Waals surface area contributed by atoms with E-state index in [0.29, 0.717) is 12.0 Å². The quantitative estimate of drug-likeness (QED) is 0.369. The number of para-hydroxylation sites is 2. The van der Waals surface area contributed by atoms with Crippen LogP contribution in [0, 0.1) is 0 Å². The lowest BCUT2D eigenvalue weighted by Crippen LogP contribution is -2.53. The first-order valence-electron chi connectivity index (χ1n) is 11.8. The molecule has 4 aromatic rings. The van der Waals surface area contributed by atoms with Crippen molar-refractivity contribution in [1.82, 2.24) is 4.57 Å². The van der Waals surface area contributed by atoms with Gasteiger partial charge in [-0.05, 0) is 48.0 Å². The van der Waals surface area contributed by atoms with Crippen molar-refractivity contribution < 1.29 is 19.1 Å². The second kappa shape index (κ2) is 10.4. The Kier molecular flexibility index (Phi) is 6.71. The molecule has 0 bridgehead atoms. The van der Waals surface area contributed by atoms with Crippen molar-refractivity contribution >= 4 is 23.3 Å². The van der Waals surface area contributed by atoms with E-state index >= 15 is 0 Å². The van der Waals surface area contributed by atoms with Gasteiger partial charge in [0, 0.05) is 18.1 Å². The van der Waals surface area contributed by atoms with Crippen LogP contribution in [0.2, 0.25) is 0 Å². The minimum absolute atomic E-state index is 0.0503. The summed E-state index contributed by atoms with van der Waals surface area (Å²) in [6.45, 7) is 1.54. The maximum absolute atomic E-state index is 12.3. The molecule has 3 aromatic carbocycles.